The lowest BCUT2D eigenvalue weighted by molar-refractivity contribution is 0.0900. The number of ether oxygens (including phenoxy) is 1. The van der Waals surface area contributed by atoms with Crippen LogP contribution in [0.25, 0.3) is 0 Å². The van der Waals surface area contributed by atoms with Crippen LogP contribution in [-0.4, -0.2) is 18.3 Å². The van der Waals surface area contributed by atoms with Crippen LogP contribution in [0.1, 0.15) is 29.9 Å². The monoisotopic (exact) mass is 200 g/mol. The molecule has 0 saturated heterocycles. The molecule has 0 radical (unpaired) electrons. The molecule has 0 fully saturated rings. The molecule has 2 nitrogen and oxygen atoms in total. The molecule has 1 aromatic rings. The van der Waals surface area contributed by atoms with Crippen molar-refractivity contribution >= 4 is 11.3 Å². The molecule has 1 unspecified atom stereocenters. The van der Waals surface area contributed by atoms with E-state index < -0.39 is 0 Å². The van der Waals surface area contributed by atoms with Gasteiger partial charge < -0.3 is 9.84 Å². The maximum Gasteiger partial charge on any atom is 0.0906 e. The Morgan fingerprint density at radius 2 is 2.38 bits per heavy atom. The molecule has 0 aliphatic carbocycles. The zero-order valence-electron chi connectivity index (χ0n) is 8.12. The molecule has 0 aliphatic heterocycles. The minimum absolute atomic E-state index is 0.355. The average Bonchev–Trinajstić information content (AvgIpc) is 2.52. The molecule has 1 aromatic heterocycles. The maximum absolute atomic E-state index is 9.75. The van der Waals surface area contributed by atoms with Crippen LogP contribution in [0.15, 0.2) is 11.4 Å². The highest BCUT2D eigenvalue weighted by Crippen LogP contribution is 2.25. The summed E-state index contributed by atoms with van der Waals surface area (Å²) in [7, 11) is 0. The van der Waals surface area contributed by atoms with Crippen molar-refractivity contribution in [1.82, 2.24) is 0 Å². The van der Waals surface area contributed by atoms with Gasteiger partial charge in [-0.3, -0.25) is 0 Å². The van der Waals surface area contributed by atoms with E-state index in [2.05, 4.69) is 0 Å². The van der Waals surface area contributed by atoms with Crippen LogP contribution in [0.2, 0.25) is 0 Å². The number of aliphatic hydroxyl groups excluding tert-OH is 1. The van der Waals surface area contributed by atoms with Gasteiger partial charge in [0.25, 0.3) is 0 Å². The van der Waals surface area contributed by atoms with Crippen molar-refractivity contribution in [2.24, 2.45) is 0 Å². The largest absolute Gasteiger partial charge is 0.387 e. The van der Waals surface area contributed by atoms with E-state index in [0.717, 1.165) is 11.5 Å². The van der Waals surface area contributed by atoms with Gasteiger partial charge in [-0.1, -0.05) is 0 Å². The molecule has 74 valence electrons. The van der Waals surface area contributed by atoms with E-state index in [1.807, 2.05) is 25.3 Å². The summed E-state index contributed by atoms with van der Waals surface area (Å²) in [6.07, 6.45) is 0.335. The van der Waals surface area contributed by atoms with Crippen molar-refractivity contribution in [3.05, 3.63) is 21.9 Å². The van der Waals surface area contributed by atoms with Gasteiger partial charge in [-0.05, 0) is 30.9 Å². The van der Waals surface area contributed by atoms with Gasteiger partial charge in [0.05, 0.1) is 6.10 Å². The molecule has 1 atom stereocenters. The number of hydrogen-bond donors (Lipinski definition) is 1. The molecule has 3 heteroatoms. The Kier molecular flexibility index (Phi) is 4.42. The summed E-state index contributed by atoms with van der Waals surface area (Å²) >= 11 is 1.61. The zero-order valence-corrected chi connectivity index (χ0v) is 8.93. The lowest BCUT2D eigenvalue weighted by Crippen LogP contribution is -2.02. The summed E-state index contributed by atoms with van der Waals surface area (Å²) in [6.45, 7) is 5.34. The Bertz CT molecular complexity index is 245. The van der Waals surface area contributed by atoms with Gasteiger partial charge in [0.1, 0.15) is 0 Å². The third-order valence-corrected chi connectivity index (χ3v) is 3.06. The van der Waals surface area contributed by atoms with Crippen molar-refractivity contribution < 1.29 is 9.84 Å². The minimum atomic E-state index is -0.355. The second kappa shape index (κ2) is 5.37. The second-order valence-electron chi connectivity index (χ2n) is 2.97. The summed E-state index contributed by atoms with van der Waals surface area (Å²) in [5.74, 6) is 0. The molecule has 13 heavy (non-hydrogen) atoms. The molecule has 0 amide bonds. The average molecular weight is 200 g/mol. The SMILES string of the molecule is CCOCCC(O)c1sccc1C. The molecule has 0 saturated carbocycles. The lowest BCUT2D eigenvalue weighted by atomic mass is 10.1. The van der Waals surface area contributed by atoms with Crippen molar-refractivity contribution in [3.63, 3.8) is 0 Å². The van der Waals surface area contributed by atoms with Crippen LogP contribution in [0.5, 0.6) is 0 Å². The minimum Gasteiger partial charge on any atom is -0.387 e. The molecule has 0 aromatic carbocycles. The van der Waals surface area contributed by atoms with Gasteiger partial charge in [0.15, 0.2) is 0 Å². The van der Waals surface area contributed by atoms with E-state index in [-0.39, 0.29) is 6.10 Å². The van der Waals surface area contributed by atoms with Crippen molar-refractivity contribution in [1.29, 1.82) is 0 Å². The van der Waals surface area contributed by atoms with E-state index in [9.17, 15) is 5.11 Å². The van der Waals surface area contributed by atoms with E-state index in [0.29, 0.717) is 13.0 Å². The van der Waals surface area contributed by atoms with Crippen LogP contribution >= 0.6 is 11.3 Å². The van der Waals surface area contributed by atoms with Crippen LogP contribution in [0.3, 0.4) is 0 Å². The Morgan fingerprint density at radius 3 is 2.92 bits per heavy atom. The highest BCUT2D eigenvalue weighted by Gasteiger charge is 2.10. The van der Waals surface area contributed by atoms with Gasteiger partial charge in [-0.15, -0.1) is 11.3 Å². The molecular weight excluding hydrogens is 184 g/mol. The molecular formula is C10H16O2S. The topological polar surface area (TPSA) is 29.5 Å². The summed E-state index contributed by atoms with van der Waals surface area (Å²) in [4.78, 5) is 1.07. The van der Waals surface area contributed by atoms with E-state index in [4.69, 9.17) is 4.74 Å². The quantitative estimate of drug-likeness (QED) is 0.740. The first-order valence-corrected chi connectivity index (χ1v) is 5.43. The fraction of sp³-hybridized carbons (Fsp3) is 0.600. The highest BCUT2D eigenvalue weighted by molar-refractivity contribution is 7.10. The smallest absolute Gasteiger partial charge is 0.0906 e. The standard InChI is InChI=1S/C10H16O2S/c1-3-12-6-4-9(11)10-8(2)5-7-13-10/h5,7,9,11H,3-4,6H2,1-2H3. The van der Waals surface area contributed by atoms with Gasteiger partial charge in [0, 0.05) is 24.5 Å². The van der Waals surface area contributed by atoms with Crippen LogP contribution in [-0.2, 0) is 4.74 Å². The summed E-state index contributed by atoms with van der Waals surface area (Å²) in [6, 6.07) is 2.03. The molecule has 0 bridgehead atoms. The predicted molar refractivity (Wildman–Crippen MR) is 55.1 cm³/mol. The third kappa shape index (κ3) is 3.10. The summed E-state index contributed by atoms with van der Waals surface area (Å²) in [5, 5.41) is 11.8. The maximum atomic E-state index is 9.75. The zero-order chi connectivity index (χ0) is 9.68. The normalized spacial score (nSPS) is 13.2. The van der Waals surface area contributed by atoms with Gasteiger partial charge in [-0.25, -0.2) is 0 Å². The molecule has 0 aliphatic rings. The Labute approximate surface area is 83.2 Å². The van der Waals surface area contributed by atoms with Crippen molar-refractivity contribution in [2.45, 2.75) is 26.4 Å². The number of hydrogen-bond acceptors (Lipinski definition) is 3. The fourth-order valence-electron chi connectivity index (χ4n) is 1.20. The molecule has 0 spiro atoms. The van der Waals surface area contributed by atoms with Gasteiger partial charge in [0.2, 0.25) is 0 Å². The Hall–Kier alpha value is -0.380. The van der Waals surface area contributed by atoms with Gasteiger partial charge >= 0.3 is 0 Å². The third-order valence-electron chi connectivity index (χ3n) is 1.94. The lowest BCUT2D eigenvalue weighted by Gasteiger charge is -2.09. The van der Waals surface area contributed by atoms with Crippen molar-refractivity contribution in [3.8, 4) is 0 Å². The first-order valence-electron chi connectivity index (χ1n) is 4.55. The summed E-state index contributed by atoms with van der Waals surface area (Å²) < 4.78 is 5.19. The Balaban J connectivity index is 2.39. The molecule has 1 heterocycles. The van der Waals surface area contributed by atoms with E-state index in [1.165, 1.54) is 5.56 Å². The number of rotatable bonds is 5. The van der Waals surface area contributed by atoms with E-state index >= 15 is 0 Å². The number of thiophene rings is 1. The molecule has 1 N–H and O–H groups in total. The molecule has 1 rings (SSSR count). The highest BCUT2D eigenvalue weighted by atomic mass is 32.1. The van der Waals surface area contributed by atoms with Crippen LogP contribution in [0.4, 0.5) is 0 Å². The van der Waals surface area contributed by atoms with Crippen molar-refractivity contribution in [2.75, 3.05) is 13.2 Å². The predicted octanol–water partition coefficient (Wildman–Crippen LogP) is 2.52. The number of aliphatic hydroxyl groups is 1. The second-order valence-corrected chi connectivity index (χ2v) is 3.92. The fourth-order valence-corrected chi connectivity index (χ4v) is 2.14. The Morgan fingerprint density at radius 1 is 1.62 bits per heavy atom. The van der Waals surface area contributed by atoms with Gasteiger partial charge in [-0.2, -0.15) is 0 Å². The number of aryl methyl sites for hydroxylation is 1. The van der Waals surface area contributed by atoms with E-state index in [1.54, 1.807) is 11.3 Å². The summed E-state index contributed by atoms with van der Waals surface area (Å²) in [5.41, 5.74) is 1.17. The first kappa shape index (κ1) is 10.7. The first-order chi connectivity index (χ1) is 6.25. The van der Waals surface area contributed by atoms with Crippen LogP contribution in [0, 0.1) is 6.92 Å². The van der Waals surface area contributed by atoms with Crippen LogP contribution < -0.4 is 0 Å².